The molecule has 0 spiro atoms. The molecule has 0 saturated heterocycles. The maximum atomic E-state index is 12.7. The molecular formula is C18H20N4O4. The van der Waals surface area contributed by atoms with Crippen LogP contribution in [0.25, 0.3) is 11.6 Å². The predicted octanol–water partition coefficient (Wildman–Crippen LogP) is 2.28. The third-order valence-electron chi connectivity index (χ3n) is 4.42. The molecule has 8 heteroatoms. The maximum Gasteiger partial charge on any atom is 0.346 e. The number of amides is 1. The lowest BCUT2D eigenvalue weighted by Gasteiger charge is -2.03. The fourth-order valence-corrected chi connectivity index (χ4v) is 3.03. The fourth-order valence-electron chi connectivity index (χ4n) is 3.03. The van der Waals surface area contributed by atoms with Crippen molar-refractivity contribution in [2.45, 2.75) is 39.3 Å². The van der Waals surface area contributed by atoms with Gasteiger partial charge in [0.2, 0.25) is 5.82 Å². The monoisotopic (exact) mass is 356 g/mol. The van der Waals surface area contributed by atoms with Gasteiger partial charge in [-0.15, -0.1) is 5.10 Å². The van der Waals surface area contributed by atoms with Crippen LogP contribution in [0.3, 0.4) is 0 Å². The molecule has 0 bridgehead atoms. The van der Waals surface area contributed by atoms with E-state index in [1.54, 1.807) is 42.9 Å². The first-order valence-corrected chi connectivity index (χ1v) is 8.63. The molecule has 3 heterocycles. The van der Waals surface area contributed by atoms with E-state index in [2.05, 4.69) is 10.4 Å². The van der Waals surface area contributed by atoms with Gasteiger partial charge in [0.25, 0.3) is 5.91 Å². The lowest BCUT2D eigenvalue weighted by atomic mass is 10.2. The summed E-state index contributed by atoms with van der Waals surface area (Å²) in [6.07, 6.45) is 3.50. The summed E-state index contributed by atoms with van der Waals surface area (Å²) in [5, 5.41) is 7.21. The molecule has 3 aromatic heterocycles. The van der Waals surface area contributed by atoms with Crippen LogP contribution in [0.4, 0.5) is 0 Å². The first-order chi connectivity index (χ1) is 12.5. The van der Waals surface area contributed by atoms with E-state index in [1.165, 1.54) is 4.68 Å². The summed E-state index contributed by atoms with van der Waals surface area (Å²) in [6.45, 7) is 4.12. The molecule has 0 aliphatic heterocycles. The van der Waals surface area contributed by atoms with Crippen LogP contribution in [0.1, 0.15) is 40.8 Å². The topological polar surface area (TPSA) is 95.2 Å². The van der Waals surface area contributed by atoms with E-state index in [4.69, 9.17) is 8.83 Å². The van der Waals surface area contributed by atoms with Gasteiger partial charge in [-0.25, -0.2) is 9.48 Å². The number of aryl methyl sites for hydroxylation is 2. The Morgan fingerprint density at radius 2 is 2.19 bits per heavy atom. The van der Waals surface area contributed by atoms with Gasteiger partial charge in [-0.1, -0.05) is 0 Å². The summed E-state index contributed by atoms with van der Waals surface area (Å²) >= 11 is 0. The molecule has 0 unspecified atom stereocenters. The molecule has 4 rings (SSSR count). The minimum Gasteiger partial charge on any atom is -0.466 e. The molecule has 1 N–H and O–H groups in total. The van der Waals surface area contributed by atoms with E-state index in [1.807, 2.05) is 0 Å². The van der Waals surface area contributed by atoms with Crippen molar-refractivity contribution in [3.63, 3.8) is 0 Å². The number of nitrogens with one attached hydrogen (secondary N) is 1. The van der Waals surface area contributed by atoms with Crippen molar-refractivity contribution in [2.75, 3.05) is 6.54 Å². The summed E-state index contributed by atoms with van der Waals surface area (Å²) in [4.78, 5) is 24.9. The van der Waals surface area contributed by atoms with Crippen LogP contribution in [0, 0.1) is 13.8 Å². The zero-order valence-corrected chi connectivity index (χ0v) is 14.7. The molecule has 0 radical (unpaired) electrons. The number of aromatic nitrogens is 3. The number of hydrogen-bond acceptors (Lipinski definition) is 5. The fraction of sp³-hybridized carbons (Fsp3) is 0.389. The van der Waals surface area contributed by atoms with Crippen LogP contribution in [-0.4, -0.2) is 26.8 Å². The Kier molecular flexibility index (Phi) is 4.02. The van der Waals surface area contributed by atoms with Crippen molar-refractivity contribution in [3.05, 3.63) is 52.0 Å². The number of furan rings is 2. The Morgan fingerprint density at radius 1 is 1.38 bits per heavy atom. The third-order valence-corrected chi connectivity index (χ3v) is 4.42. The number of carbonyl (C=O) groups excluding carboxylic acids is 1. The van der Waals surface area contributed by atoms with Crippen molar-refractivity contribution in [1.29, 1.82) is 0 Å². The molecule has 1 saturated carbocycles. The second kappa shape index (κ2) is 6.36. The molecule has 0 atom stereocenters. The van der Waals surface area contributed by atoms with Crippen LogP contribution >= 0.6 is 0 Å². The van der Waals surface area contributed by atoms with Crippen molar-refractivity contribution >= 4 is 5.91 Å². The van der Waals surface area contributed by atoms with Gasteiger partial charge in [-0.05, 0) is 44.9 Å². The van der Waals surface area contributed by atoms with Gasteiger partial charge in [-0.3, -0.25) is 9.36 Å². The molecule has 1 aliphatic rings. The van der Waals surface area contributed by atoms with Crippen molar-refractivity contribution in [2.24, 2.45) is 0 Å². The van der Waals surface area contributed by atoms with E-state index in [0.717, 1.165) is 12.8 Å². The SMILES string of the molecule is Cc1cc(C(=O)NCCn2nc(-c3ccco3)n(C3CC3)c2=O)c(C)o1. The Bertz CT molecular complexity index is 989. The molecule has 1 aliphatic carbocycles. The van der Waals surface area contributed by atoms with E-state index in [9.17, 15) is 9.59 Å². The van der Waals surface area contributed by atoms with Gasteiger partial charge in [0.15, 0.2) is 5.76 Å². The average molecular weight is 356 g/mol. The number of nitrogens with zero attached hydrogens (tertiary/aromatic N) is 3. The highest BCUT2D eigenvalue weighted by atomic mass is 16.3. The number of carbonyl (C=O) groups is 1. The minimum absolute atomic E-state index is 0.177. The summed E-state index contributed by atoms with van der Waals surface area (Å²) in [7, 11) is 0. The standard InChI is InChI=1S/C18H20N4O4/c1-11-10-14(12(2)26-11)17(23)19-7-8-21-18(24)22(13-5-6-13)16(20-21)15-4-3-9-25-15/h3-4,9-10,13H,5-8H2,1-2H3,(H,19,23). The van der Waals surface area contributed by atoms with E-state index < -0.39 is 0 Å². The van der Waals surface area contributed by atoms with Crippen molar-refractivity contribution < 1.29 is 13.6 Å². The van der Waals surface area contributed by atoms with Gasteiger partial charge in [0.1, 0.15) is 11.5 Å². The molecule has 1 amide bonds. The lowest BCUT2D eigenvalue weighted by molar-refractivity contribution is 0.0950. The van der Waals surface area contributed by atoms with Gasteiger partial charge >= 0.3 is 5.69 Å². The summed E-state index contributed by atoms with van der Waals surface area (Å²) in [5.74, 6) is 2.15. The summed E-state index contributed by atoms with van der Waals surface area (Å²) < 4.78 is 13.8. The third kappa shape index (κ3) is 2.98. The molecule has 8 nitrogen and oxygen atoms in total. The normalized spacial score (nSPS) is 13.9. The van der Waals surface area contributed by atoms with Crippen LogP contribution in [0.5, 0.6) is 0 Å². The second-order valence-corrected chi connectivity index (χ2v) is 6.49. The highest BCUT2D eigenvalue weighted by molar-refractivity contribution is 5.95. The summed E-state index contributed by atoms with van der Waals surface area (Å²) in [6, 6.07) is 5.44. The van der Waals surface area contributed by atoms with Crippen LogP contribution in [0.2, 0.25) is 0 Å². The zero-order valence-electron chi connectivity index (χ0n) is 14.7. The Hall–Kier alpha value is -3.03. The maximum absolute atomic E-state index is 12.7. The Labute approximate surface area is 149 Å². The van der Waals surface area contributed by atoms with Crippen molar-refractivity contribution in [1.82, 2.24) is 19.7 Å². The molecule has 136 valence electrons. The van der Waals surface area contributed by atoms with Crippen LogP contribution < -0.4 is 11.0 Å². The highest BCUT2D eigenvalue weighted by Crippen LogP contribution is 2.36. The van der Waals surface area contributed by atoms with E-state index in [0.29, 0.717) is 35.2 Å². The average Bonchev–Trinajstić information content (AvgIpc) is 3.03. The highest BCUT2D eigenvalue weighted by Gasteiger charge is 2.31. The van der Waals surface area contributed by atoms with Gasteiger partial charge < -0.3 is 14.2 Å². The minimum atomic E-state index is -0.222. The Morgan fingerprint density at radius 3 is 2.81 bits per heavy atom. The molecule has 0 aromatic carbocycles. The zero-order chi connectivity index (χ0) is 18.3. The largest absolute Gasteiger partial charge is 0.466 e. The quantitative estimate of drug-likeness (QED) is 0.731. The number of rotatable bonds is 6. The summed E-state index contributed by atoms with van der Waals surface area (Å²) in [5.41, 5.74) is 0.332. The van der Waals surface area contributed by atoms with Gasteiger partial charge in [0, 0.05) is 12.6 Å². The predicted molar refractivity (Wildman–Crippen MR) is 93.0 cm³/mol. The first kappa shape index (κ1) is 16.4. The van der Waals surface area contributed by atoms with Gasteiger partial charge in [-0.2, -0.15) is 0 Å². The molecule has 3 aromatic rings. The first-order valence-electron chi connectivity index (χ1n) is 8.63. The lowest BCUT2D eigenvalue weighted by Crippen LogP contribution is -2.32. The van der Waals surface area contributed by atoms with E-state index in [-0.39, 0.29) is 24.2 Å². The Balaban J connectivity index is 1.49. The van der Waals surface area contributed by atoms with Crippen LogP contribution in [-0.2, 0) is 6.54 Å². The van der Waals surface area contributed by atoms with Crippen LogP contribution in [0.15, 0.2) is 38.1 Å². The molecule has 26 heavy (non-hydrogen) atoms. The van der Waals surface area contributed by atoms with Gasteiger partial charge in [0.05, 0.1) is 18.4 Å². The molecular weight excluding hydrogens is 336 g/mol. The molecule has 1 fully saturated rings. The van der Waals surface area contributed by atoms with E-state index >= 15 is 0 Å². The number of hydrogen-bond donors (Lipinski definition) is 1. The smallest absolute Gasteiger partial charge is 0.346 e. The van der Waals surface area contributed by atoms with Crippen molar-refractivity contribution in [3.8, 4) is 11.6 Å². The second-order valence-electron chi connectivity index (χ2n) is 6.49.